The van der Waals surface area contributed by atoms with E-state index in [0.29, 0.717) is 13.1 Å². The first-order valence-electron chi connectivity index (χ1n) is 6.87. The number of hydrogen-bond acceptors (Lipinski definition) is 3. The molecule has 2 N–H and O–H groups in total. The van der Waals surface area contributed by atoms with Gasteiger partial charge < -0.3 is 10.6 Å². The lowest BCUT2D eigenvalue weighted by atomic mass is 10.1. The third kappa shape index (κ3) is 4.35. The number of halogens is 4. The maximum atomic E-state index is 13.0. The number of piperazine rings is 1. The van der Waals surface area contributed by atoms with Crippen molar-refractivity contribution in [3.05, 3.63) is 28.8 Å². The Kier molecular flexibility index (Phi) is 5.16. The number of anilines is 1. The molecule has 0 radical (unpaired) electrons. The number of nitrogens with zero attached hydrogens (tertiary/aromatic N) is 1. The Bertz CT molecular complexity index is 622. The van der Waals surface area contributed by atoms with Crippen molar-refractivity contribution < 1.29 is 22.8 Å². The highest BCUT2D eigenvalue weighted by Gasteiger charge is 2.35. The molecule has 0 spiro atoms. The number of benzene rings is 1. The summed E-state index contributed by atoms with van der Waals surface area (Å²) in [6.07, 6.45) is -4.64. The predicted octanol–water partition coefficient (Wildman–Crippen LogP) is 2.12. The molecule has 1 aromatic carbocycles. The van der Waals surface area contributed by atoms with Gasteiger partial charge in [0.05, 0.1) is 23.8 Å². The fourth-order valence-corrected chi connectivity index (χ4v) is 2.42. The second-order valence-corrected chi connectivity index (χ2v) is 5.61. The van der Waals surface area contributed by atoms with Gasteiger partial charge >= 0.3 is 6.18 Å². The van der Waals surface area contributed by atoms with Crippen LogP contribution in [0.25, 0.3) is 0 Å². The first-order valence-corrected chi connectivity index (χ1v) is 7.24. The summed E-state index contributed by atoms with van der Waals surface area (Å²) in [5.74, 6) is -0.842. The van der Waals surface area contributed by atoms with E-state index in [0.717, 1.165) is 12.1 Å². The second-order valence-electron chi connectivity index (χ2n) is 5.17. The van der Waals surface area contributed by atoms with E-state index in [2.05, 4.69) is 10.6 Å². The van der Waals surface area contributed by atoms with E-state index in [4.69, 9.17) is 11.6 Å². The monoisotopic (exact) mass is 349 g/mol. The van der Waals surface area contributed by atoms with Gasteiger partial charge in [-0.3, -0.25) is 14.5 Å². The van der Waals surface area contributed by atoms with E-state index < -0.39 is 23.7 Å². The third-order valence-electron chi connectivity index (χ3n) is 3.54. The molecule has 1 fully saturated rings. The van der Waals surface area contributed by atoms with Crippen molar-refractivity contribution in [3.8, 4) is 0 Å². The molecular weight excluding hydrogens is 335 g/mol. The van der Waals surface area contributed by atoms with Gasteiger partial charge in [-0.2, -0.15) is 13.2 Å². The van der Waals surface area contributed by atoms with Crippen LogP contribution in [0.3, 0.4) is 0 Å². The number of amides is 2. The van der Waals surface area contributed by atoms with Gasteiger partial charge in [0.2, 0.25) is 11.8 Å². The molecule has 1 heterocycles. The van der Waals surface area contributed by atoms with E-state index in [-0.39, 0.29) is 23.2 Å². The van der Waals surface area contributed by atoms with E-state index in [9.17, 15) is 22.8 Å². The molecule has 0 aliphatic carbocycles. The summed E-state index contributed by atoms with van der Waals surface area (Å²) in [6.45, 7) is 2.41. The van der Waals surface area contributed by atoms with Crippen molar-refractivity contribution >= 4 is 29.1 Å². The predicted molar refractivity (Wildman–Crippen MR) is 79.1 cm³/mol. The van der Waals surface area contributed by atoms with Gasteiger partial charge in [-0.05, 0) is 25.1 Å². The first-order chi connectivity index (χ1) is 10.7. The number of nitrogens with one attached hydrogen (secondary N) is 2. The Balaban J connectivity index is 2.15. The zero-order valence-electron chi connectivity index (χ0n) is 12.2. The van der Waals surface area contributed by atoms with Crippen LogP contribution in [0.4, 0.5) is 18.9 Å². The largest absolute Gasteiger partial charge is 0.418 e. The lowest BCUT2D eigenvalue weighted by Gasteiger charge is -2.31. The summed E-state index contributed by atoms with van der Waals surface area (Å²) >= 11 is 5.59. The maximum Gasteiger partial charge on any atom is 0.418 e. The minimum atomic E-state index is -4.64. The van der Waals surface area contributed by atoms with Crippen LogP contribution in [0.15, 0.2) is 18.2 Å². The lowest BCUT2D eigenvalue weighted by Crippen LogP contribution is -2.53. The lowest BCUT2D eigenvalue weighted by molar-refractivity contribution is -0.137. The zero-order valence-corrected chi connectivity index (χ0v) is 13.0. The molecule has 23 heavy (non-hydrogen) atoms. The molecule has 1 aromatic rings. The normalized spacial score (nSPS) is 17.5. The number of alkyl halides is 3. The molecule has 2 amide bonds. The van der Waals surface area contributed by atoms with Gasteiger partial charge in [0.25, 0.3) is 0 Å². The zero-order chi connectivity index (χ0) is 17.2. The maximum absolute atomic E-state index is 13.0. The van der Waals surface area contributed by atoms with E-state index in [1.165, 1.54) is 13.0 Å². The van der Waals surface area contributed by atoms with Crippen molar-refractivity contribution in [3.63, 3.8) is 0 Å². The molecule has 1 saturated heterocycles. The Hall–Kier alpha value is -1.80. The van der Waals surface area contributed by atoms with Gasteiger partial charge in [0.15, 0.2) is 0 Å². The van der Waals surface area contributed by atoms with Crippen molar-refractivity contribution in [2.75, 3.05) is 25.0 Å². The van der Waals surface area contributed by atoms with Gasteiger partial charge in [0, 0.05) is 18.1 Å². The van der Waals surface area contributed by atoms with Crippen LogP contribution in [0.1, 0.15) is 12.5 Å². The van der Waals surface area contributed by atoms with E-state index >= 15 is 0 Å². The molecule has 5 nitrogen and oxygen atoms in total. The standard InChI is InChI=1S/C14H15ClF3N3O2/c1-8(21-5-4-19-12(22)7-21)13(23)20-11-3-2-9(15)6-10(11)14(16,17)18/h2-3,6,8H,4-5,7H2,1H3,(H,19,22)(H,20,23)/t8-/m1/s1. The SMILES string of the molecule is C[C@H](C(=O)Nc1ccc(Cl)cc1C(F)(F)F)N1CCNC(=O)C1. The smallest absolute Gasteiger partial charge is 0.354 e. The summed E-state index contributed by atoms with van der Waals surface area (Å²) in [7, 11) is 0. The van der Waals surface area contributed by atoms with Gasteiger partial charge in [-0.25, -0.2) is 0 Å². The second kappa shape index (κ2) is 6.76. The molecule has 0 saturated carbocycles. The summed E-state index contributed by atoms with van der Waals surface area (Å²) in [5, 5.41) is 4.81. The highest BCUT2D eigenvalue weighted by molar-refractivity contribution is 6.30. The molecule has 2 rings (SSSR count). The van der Waals surface area contributed by atoms with Gasteiger partial charge in [0.1, 0.15) is 0 Å². The summed E-state index contributed by atoms with van der Waals surface area (Å²) in [6, 6.07) is 2.40. The quantitative estimate of drug-likeness (QED) is 0.878. The Morgan fingerprint density at radius 2 is 2.13 bits per heavy atom. The number of rotatable bonds is 3. The average Bonchev–Trinajstić information content (AvgIpc) is 2.47. The number of carbonyl (C=O) groups excluding carboxylic acids is 2. The molecule has 1 atom stereocenters. The fourth-order valence-electron chi connectivity index (χ4n) is 2.25. The highest BCUT2D eigenvalue weighted by Crippen LogP contribution is 2.36. The minimum Gasteiger partial charge on any atom is -0.354 e. The average molecular weight is 350 g/mol. The van der Waals surface area contributed by atoms with Crippen LogP contribution in [0.2, 0.25) is 5.02 Å². The molecule has 0 unspecified atom stereocenters. The first kappa shape index (κ1) is 17.6. The van der Waals surface area contributed by atoms with E-state index in [1.54, 1.807) is 4.90 Å². The number of carbonyl (C=O) groups is 2. The van der Waals surface area contributed by atoms with Crippen LogP contribution in [0, 0.1) is 0 Å². The third-order valence-corrected chi connectivity index (χ3v) is 3.78. The molecule has 1 aliphatic rings. The summed E-state index contributed by atoms with van der Waals surface area (Å²) in [5.41, 5.74) is -1.37. The van der Waals surface area contributed by atoms with Crippen LogP contribution in [-0.2, 0) is 15.8 Å². The summed E-state index contributed by atoms with van der Waals surface area (Å²) in [4.78, 5) is 25.1. The van der Waals surface area contributed by atoms with E-state index in [1.807, 2.05) is 0 Å². The van der Waals surface area contributed by atoms with Crippen LogP contribution in [0.5, 0.6) is 0 Å². The van der Waals surface area contributed by atoms with Crippen molar-refractivity contribution in [2.24, 2.45) is 0 Å². The van der Waals surface area contributed by atoms with Crippen LogP contribution >= 0.6 is 11.6 Å². The topological polar surface area (TPSA) is 61.4 Å². The highest BCUT2D eigenvalue weighted by atomic mass is 35.5. The fraction of sp³-hybridized carbons (Fsp3) is 0.429. The molecule has 1 aliphatic heterocycles. The molecule has 126 valence electrons. The van der Waals surface area contributed by atoms with Crippen molar-refractivity contribution in [2.45, 2.75) is 19.1 Å². The molecule has 0 bridgehead atoms. The van der Waals surface area contributed by atoms with Crippen molar-refractivity contribution in [1.82, 2.24) is 10.2 Å². The Labute approximate surface area is 135 Å². The minimum absolute atomic E-state index is 0.0291. The molecular formula is C14H15ClF3N3O2. The van der Waals surface area contributed by atoms with Gasteiger partial charge in [-0.1, -0.05) is 11.6 Å². The molecule has 9 heteroatoms. The molecule has 0 aromatic heterocycles. The van der Waals surface area contributed by atoms with Crippen molar-refractivity contribution in [1.29, 1.82) is 0 Å². The van der Waals surface area contributed by atoms with Gasteiger partial charge in [-0.15, -0.1) is 0 Å². The summed E-state index contributed by atoms with van der Waals surface area (Å²) < 4.78 is 39.0. The van der Waals surface area contributed by atoms with Crippen LogP contribution < -0.4 is 10.6 Å². The Morgan fingerprint density at radius 3 is 2.74 bits per heavy atom. The Morgan fingerprint density at radius 1 is 1.43 bits per heavy atom. The van der Waals surface area contributed by atoms with Crippen LogP contribution in [-0.4, -0.2) is 42.4 Å². The number of hydrogen-bond donors (Lipinski definition) is 2.